The van der Waals surface area contributed by atoms with Crippen molar-refractivity contribution in [3.8, 4) is 0 Å². The van der Waals surface area contributed by atoms with Crippen LogP contribution in [0.1, 0.15) is 12.5 Å². The van der Waals surface area contributed by atoms with E-state index in [1.807, 2.05) is 24.3 Å². The fourth-order valence-electron chi connectivity index (χ4n) is 1.27. The summed E-state index contributed by atoms with van der Waals surface area (Å²) in [5.74, 6) is 0. The predicted molar refractivity (Wildman–Crippen MR) is 64.5 cm³/mol. The third-order valence-corrected chi connectivity index (χ3v) is 2.56. The van der Waals surface area contributed by atoms with Crippen LogP contribution in [0.5, 0.6) is 0 Å². The van der Waals surface area contributed by atoms with Crippen LogP contribution in [0.15, 0.2) is 24.3 Å². The molecule has 0 fully saturated rings. The van der Waals surface area contributed by atoms with E-state index in [0.717, 1.165) is 18.0 Å². The monoisotopic (exact) mass is 242 g/mol. The number of halogens is 1. The minimum atomic E-state index is -0.537. The quantitative estimate of drug-likeness (QED) is 0.472. The number of nitrogens with zero attached hydrogens (tertiary/aromatic N) is 1. The summed E-state index contributed by atoms with van der Waals surface area (Å²) >= 11 is 5.76. The van der Waals surface area contributed by atoms with Crippen LogP contribution in [0.3, 0.4) is 0 Å². The highest BCUT2D eigenvalue weighted by Gasteiger charge is 2.10. The van der Waals surface area contributed by atoms with Gasteiger partial charge >= 0.3 is 0 Å². The molecule has 0 aliphatic rings. The standard InChI is InChI=1S/C11H15ClN2O2/c1-9(14(15)16)8-13-7-6-10-2-4-11(12)5-3-10/h2-5,9,13H,6-8H2,1H3. The molecule has 0 heterocycles. The molecule has 5 heteroatoms. The topological polar surface area (TPSA) is 55.2 Å². The van der Waals surface area contributed by atoms with E-state index in [0.29, 0.717) is 6.54 Å². The SMILES string of the molecule is CC(CNCCc1ccc(Cl)cc1)[N+](=O)[O-]. The van der Waals surface area contributed by atoms with E-state index in [2.05, 4.69) is 5.32 Å². The zero-order valence-electron chi connectivity index (χ0n) is 9.15. The number of hydrogen-bond donors (Lipinski definition) is 1. The fraction of sp³-hybridized carbons (Fsp3) is 0.455. The van der Waals surface area contributed by atoms with E-state index in [1.54, 1.807) is 6.92 Å². The Hall–Kier alpha value is -1.13. The van der Waals surface area contributed by atoms with Crippen LogP contribution < -0.4 is 5.32 Å². The zero-order valence-corrected chi connectivity index (χ0v) is 9.91. The highest BCUT2D eigenvalue weighted by atomic mass is 35.5. The van der Waals surface area contributed by atoms with Crippen LogP contribution in [0.4, 0.5) is 0 Å². The molecule has 1 aromatic carbocycles. The number of nitro groups is 1. The lowest BCUT2D eigenvalue weighted by atomic mass is 10.1. The van der Waals surface area contributed by atoms with Crippen molar-refractivity contribution >= 4 is 11.6 Å². The molecule has 1 atom stereocenters. The van der Waals surface area contributed by atoms with Gasteiger partial charge in [0.1, 0.15) is 0 Å². The highest BCUT2D eigenvalue weighted by molar-refractivity contribution is 6.30. The van der Waals surface area contributed by atoms with E-state index in [-0.39, 0.29) is 4.92 Å². The zero-order chi connectivity index (χ0) is 12.0. The first kappa shape index (κ1) is 12.9. The molecular formula is C11H15ClN2O2. The largest absolute Gasteiger partial charge is 0.310 e. The van der Waals surface area contributed by atoms with Gasteiger partial charge in [0.2, 0.25) is 6.04 Å². The first-order valence-corrected chi connectivity index (χ1v) is 5.56. The molecule has 1 N–H and O–H groups in total. The molecule has 88 valence electrons. The Morgan fingerprint density at radius 3 is 2.62 bits per heavy atom. The lowest BCUT2D eigenvalue weighted by Crippen LogP contribution is -2.31. The van der Waals surface area contributed by atoms with Gasteiger partial charge in [0.25, 0.3) is 0 Å². The second-order valence-corrected chi connectivity index (χ2v) is 4.15. The molecule has 16 heavy (non-hydrogen) atoms. The highest BCUT2D eigenvalue weighted by Crippen LogP contribution is 2.09. The van der Waals surface area contributed by atoms with Gasteiger partial charge in [-0.1, -0.05) is 23.7 Å². The predicted octanol–water partition coefficient (Wildman–Crippen LogP) is 2.14. The molecule has 0 saturated heterocycles. The van der Waals surface area contributed by atoms with Gasteiger partial charge in [0, 0.05) is 16.9 Å². The Kier molecular flexibility index (Phi) is 5.22. The molecule has 0 aromatic heterocycles. The average Bonchev–Trinajstić information content (AvgIpc) is 2.26. The summed E-state index contributed by atoms with van der Waals surface area (Å²) in [6, 6.07) is 7.07. The summed E-state index contributed by atoms with van der Waals surface area (Å²) in [7, 11) is 0. The molecule has 0 saturated carbocycles. The summed E-state index contributed by atoms with van der Waals surface area (Å²) in [5, 5.41) is 14.1. The first-order valence-electron chi connectivity index (χ1n) is 5.18. The van der Waals surface area contributed by atoms with Crippen LogP contribution in [0.2, 0.25) is 5.02 Å². The maximum absolute atomic E-state index is 10.4. The lowest BCUT2D eigenvalue weighted by Gasteiger charge is -2.06. The second kappa shape index (κ2) is 6.45. The molecule has 1 rings (SSSR count). The van der Waals surface area contributed by atoms with Crippen molar-refractivity contribution in [1.82, 2.24) is 5.32 Å². The number of nitrogens with one attached hydrogen (secondary N) is 1. The molecule has 0 bridgehead atoms. The molecule has 4 nitrogen and oxygen atoms in total. The van der Waals surface area contributed by atoms with E-state index >= 15 is 0 Å². The van der Waals surface area contributed by atoms with Crippen molar-refractivity contribution in [3.05, 3.63) is 45.0 Å². The minimum Gasteiger partial charge on any atom is -0.310 e. The van der Waals surface area contributed by atoms with E-state index in [9.17, 15) is 10.1 Å². The lowest BCUT2D eigenvalue weighted by molar-refractivity contribution is -0.515. The van der Waals surface area contributed by atoms with Crippen molar-refractivity contribution in [2.24, 2.45) is 0 Å². The fourth-order valence-corrected chi connectivity index (χ4v) is 1.40. The third kappa shape index (κ3) is 4.59. The summed E-state index contributed by atoms with van der Waals surface area (Å²) in [6.45, 7) is 2.73. The molecule has 0 radical (unpaired) electrons. The van der Waals surface area contributed by atoms with Gasteiger partial charge in [0.05, 0.1) is 6.54 Å². The van der Waals surface area contributed by atoms with Gasteiger partial charge < -0.3 is 5.32 Å². The third-order valence-electron chi connectivity index (χ3n) is 2.30. The van der Waals surface area contributed by atoms with Gasteiger partial charge in [-0.25, -0.2) is 0 Å². The van der Waals surface area contributed by atoms with Crippen LogP contribution >= 0.6 is 11.6 Å². The Morgan fingerprint density at radius 1 is 1.44 bits per heavy atom. The molecule has 0 spiro atoms. The van der Waals surface area contributed by atoms with Crippen LogP contribution in [0.25, 0.3) is 0 Å². The summed E-state index contributed by atoms with van der Waals surface area (Å²) < 4.78 is 0. The van der Waals surface area contributed by atoms with Gasteiger partial charge in [0.15, 0.2) is 0 Å². The normalized spacial score (nSPS) is 12.4. The van der Waals surface area contributed by atoms with Crippen LogP contribution in [-0.4, -0.2) is 24.1 Å². The molecule has 0 aliphatic carbocycles. The molecule has 0 aliphatic heterocycles. The average molecular weight is 243 g/mol. The van der Waals surface area contributed by atoms with Crippen LogP contribution in [0, 0.1) is 10.1 Å². The molecule has 1 unspecified atom stereocenters. The van der Waals surface area contributed by atoms with Crippen molar-refractivity contribution in [2.45, 2.75) is 19.4 Å². The van der Waals surface area contributed by atoms with E-state index in [1.165, 1.54) is 5.56 Å². The molecule has 0 amide bonds. The van der Waals surface area contributed by atoms with Gasteiger partial charge in [-0.2, -0.15) is 0 Å². The molecule has 1 aromatic rings. The Labute approximate surface area is 99.8 Å². The van der Waals surface area contributed by atoms with Crippen molar-refractivity contribution in [2.75, 3.05) is 13.1 Å². The van der Waals surface area contributed by atoms with E-state index < -0.39 is 6.04 Å². The Morgan fingerprint density at radius 2 is 2.06 bits per heavy atom. The number of rotatable bonds is 6. The van der Waals surface area contributed by atoms with E-state index in [4.69, 9.17) is 11.6 Å². The number of benzene rings is 1. The smallest absolute Gasteiger partial charge is 0.222 e. The molecular weight excluding hydrogens is 228 g/mol. The van der Waals surface area contributed by atoms with Crippen molar-refractivity contribution in [1.29, 1.82) is 0 Å². The maximum Gasteiger partial charge on any atom is 0.222 e. The first-order chi connectivity index (χ1) is 7.59. The number of hydrogen-bond acceptors (Lipinski definition) is 3. The van der Waals surface area contributed by atoms with Gasteiger partial charge in [-0.3, -0.25) is 10.1 Å². The summed E-state index contributed by atoms with van der Waals surface area (Å²) in [5.41, 5.74) is 1.17. The van der Waals surface area contributed by atoms with Crippen LogP contribution in [-0.2, 0) is 6.42 Å². The second-order valence-electron chi connectivity index (χ2n) is 3.71. The van der Waals surface area contributed by atoms with Gasteiger partial charge in [-0.05, 0) is 30.7 Å². The summed E-state index contributed by atoms with van der Waals surface area (Å²) in [4.78, 5) is 10.1. The summed E-state index contributed by atoms with van der Waals surface area (Å²) in [6.07, 6.45) is 0.849. The Balaban J connectivity index is 2.21. The van der Waals surface area contributed by atoms with Crippen molar-refractivity contribution in [3.63, 3.8) is 0 Å². The van der Waals surface area contributed by atoms with Crippen molar-refractivity contribution < 1.29 is 4.92 Å². The Bertz CT molecular complexity index is 340. The maximum atomic E-state index is 10.4. The minimum absolute atomic E-state index is 0.282. The van der Waals surface area contributed by atoms with Gasteiger partial charge in [-0.15, -0.1) is 0 Å².